The number of phenolic OH excluding ortho intramolecular Hbond substituents is 2. The van der Waals surface area contributed by atoms with Gasteiger partial charge in [-0.1, -0.05) is 60.7 Å². The average Bonchev–Trinajstić information content (AvgIpc) is 2.88. The molecule has 6 heteroatoms. The fourth-order valence-electron chi connectivity index (χ4n) is 3.63. The van der Waals surface area contributed by atoms with Crippen molar-refractivity contribution in [3.8, 4) is 34.1 Å². The molecule has 0 fully saturated rings. The molecule has 174 valence electrons. The maximum Gasteiger partial charge on any atom is 0.140 e. The van der Waals surface area contributed by atoms with Crippen molar-refractivity contribution in [3.05, 3.63) is 96.1 Å². The van der Waals surface area contributed by atoms with Gasteiger partial charge in [-0.05, 0) is 35.4 Å². The minimum atomic E-state index is 0.0547. The zero-order chi connectivity index (χ0) is 23.9. The number of aromatic hydroxyl groups is 2. The summed E-state index contributed by atoms with van der Waals surface area (Å²) in [4.78, 5) is 1.40. The topological polar surface area (TPSA) is 58.9 Å². The quantitative estimate of drug-likeness (QED) is 0.239. The summed E-state index contributed by atoms with van der Waals surface area (Å²) in [5.41, 5.74) is 3.14. The van der Waals surface area contributed by atoms with Crippen molar-refractivity contribution < 1.29 is 19.7 Å². The molecule has 0 heterocycles. The average molecular weight is 491 g/mol. The van der Waals surface area contributed by atoms with Crippen molar-refractivity contribution in [1.82, 2.24) is 0 Å². The molecule has 34 heavy (non-hydrogen) atoms. The number of thioether (sulfide) groups is 2. The molecule has 0 spiro atoms. The zero-order valence-electron chi connectivity index (χ0n) is 19.0. The summed E-state index contributed by atoms with van der Waals surface area (Å²) < 4.78 is 11.2. The van der Waals surface area contributed by atoms with Gasteiger partial charge in [0.1, 0.15) is 23.0 Å². The number of rotatable bonds is 9. The van der Waals surface area contributed by atoms with E-state index >= 15 is 0 Å². The standard InChI is InChI=1S/C28H26O4S2/c1-31-21-13-15-23(33-17-19-9-5-3-6-10-19)27(29)25(21)26-22(32-2)14-16-24(28(26)30)34-18-20-11-7-4-8-12-20/h3-16,29-30H,17-18H2,1-2H3. The molecule has 0 atom stereocenters. The maximum atomic E-state index is 11.3. The normalized spacial score (nSPS) is 10.8. The first kappa shape index (κ1) is 23.9. The number of methoxy groups -OCH3 is 2. The first-order chi connectivity index (χ1) is 16.6. The molecule has 4 aromatic carbocycles. The van der Waals surface area contributed by atoms with E-state index in [1.54, 1.807) is 14.2 Å². The van der Waals surface area contributed by atoms with Crippen LogP contribution in [0, 0.1) is 0 Å². The third-order valence-corrected chi connectivity index (χ3v) is 7.61. The van der Waals surface area contributed by atoms with Gasteiger partial charge >= 0.3 is 0 Å². The van der Waals surface area contributed by atoms with Crippen LogP contribution in [-0.4, -0.2) is 24.4 Å². The number of hydrogen-bond donors (Lipinski definition) is 2. The molecular formula is C28H26O4S2. The Morgan fingerprint density at radius 1 is 0.559 bits per heavy atom. The van der Waals surface area contributed by atoms with E-state index in [1.807, 2.05) is 60.7 Å². The van der Waals surface area contributed by atoms with Crippen molar-refractivity contribution in [2.75, 3.05) is 14.2 Å². The Hall–Kier alpha value is -3.22. The van der Waals surface area contributed by atoms with Crippen LogP contribution >= 0.6 is 23.5 Å². The van der Waals surface area contributed by atoms with Gasteiger partial charge in [0.05, 0.1) is 35.1 Å². The van der Waals surface area contributed by atoms with Gasteiger partial charge in [-0.2, -0.15) is 0 Å². The summed E-state index contributed by atoms with van der Waals surface area (Å²) in [6.07, 6.45) is 0. The highest BCUT2D eigenvalue weighted by atomic mass is 32.2. The first-order valence-corrected chi connectivity index (χ1v) is 12.7. The fraction of sp³-hybridized carbons (Fsp3) is 0.143. The molecule has 2 N–H and O–H groups in total. The number of benzene rings is 4. The van der Waals surface area contributed by atoms with Gasteiger partial charge in [0.15, 0.2) is 0 Å². The predicted octanol–water partition coefficient (Wildman–Crippen LogP) is 7.37. The van der Waals surface area contributed by atoms with Crippen LogP contribution in [0.2, 0.25) is 0 Å². The van der Waals surface area contributed by atoms with Gasteiger partial charge in [0, 0.05) is 11.5 Å². The summed E-state index contributed by atoms with van der Waals surface area (Å²) in [5.74, 6) is 2.44. The predicted molar refractivity (Wildman–Crippen MR) is 140 cm³/mol. The molecule has 0 aliphatic rings. The largest absolute Gasteiger partial charge is 0.506 e. The van der Waals surface area contributed by atoms with Gasteiger partial charge in [-0.3, -0.25) is 0 Å². The Kier molecular flexibility index (Phi) is 7.93. The molecule has 4 aromatic rings. The maximum absolute atomic E-state index is 11.3. The lowest BCUT2D eigenvalue weighted by atomic mass is 10.0. The van der Waals surface area contributed by atoms with E-state index in [0.717, 1.165) is 11.1 Å². The Labute approximate surface area is 208 Å². The minimum absolute atomic E-state index is 0.0547. The third-order valence-electron chi connectivity index (χ3n) is 5.37. The van der Waals surface area contributed by atoms with Crippen molar-refractivity contribution in [2.24, 2.45) is 0 Å². The lowest BCUT2D eigenvalue weighted by molar-refractivity contribution is 0.397. The Morgan fingerprint density at radius 3 is 1.29 bits per heavy atom. The van der Waals surface area contributed by atoms with E-state index in [2.05, 4.69) is 24.3 Å². The molecule has 0 amide bonds. The van der Waals surface area contributed by atoms with Gasteiger partial charge in [-0.15, -0.1) is 23.5 Å². The Bertz CT molecular complexity index is 1150. The summed E-state index contributed by atoms with van der Waals surface area (Å²) >= 11 is 3.05. The van der Waals surface area contributed by atoms with Crippen LogP contribution in [0.1, 0.15) is 11.1 Å². The van der Waals surface area contributed by atoms with Crippen LogP contribution in [0.5, 0.6) is 23.0 Å². The highest BCUT2D eigenvalue weighted by molar-refractivity contribution is 7.98. The molecule has 0 aliphatic carbocycles. The second kappa shape index (κ2) is 11.3. The van der Waals surface area contributed by atoms with Crippen LogP contribution in [0.4, 0.5) is 0 Å². The zero-order valence-corrected chi connectivity index (χ0v) is 20.7. The van der Waals surface area contributed by atoms with Crippen molar-refractivity contribution >= 4 is 23.5 Å². The second-order valence-corrected chi connectivity index (χ2v) is 9.56. The van der Waals surface area contributed by atoms with E-state index in [1.165, 1.54) is 23.5 Å². The molecule has 4 rings (SSSR count). The van der Waals surface area contributed by atoms with E-state index in [-0.39, 0.29) is 11.5 Å². The van der Waals surface area contributed by atoms with Gasteiger partial charge in [-0.25, -0.2) is 0 Å². The number of hydrogen-bond acceptors (Lipinski definition) is 6. The van der Waals surface area contributed by atoms with Gasteiger partial charge in [0.2, 0.25) is 0 Å². The number of ether oxygens (including phenoxy) is 2. The van der Waals surface area contributed by atoms with E-state index in [4.69, 9.17) is 9.47 Å². The SMILES string of the molecule is COc1ccc(SCc2ccccc2)c(O)c1-c1c(OC)ccc(SCc2ccccc2)c1O. The highest BCUT2D eigenvalue weighted by Crippen LogP contribution is 2.52. The van der Waals surface area contributed by atoms with Gasteiger partial charge < -0.3 is 19.7 Å². The second-order valence-electron chi connectivity index (χ2n) is 7.53. The lowest BCUT2D eigenvalue weighted by Crippen LogP contribution is -1.95. The molecule has 0 radical (unpaired) electrons. The summed E-state index contributed by atoms with van der Waals surface area (Å²) in [6, 6.07) is 27.5. The molecule has 0 unspecified atom stereocenters. The van der Waals surface area contributed by atoms with E-state index in [9.17, 15) is 10.2 Å². The monoisotopic (exact) mass is 490 g/mol. The van der Waals surface area contributed by atoms with Gasteiger partial charge in [0.25, 0.3) is 0 Å². The van der Waals surface area contributed by atoms with Crippen molar-refractivity contribution in [1.29, 1.82) is 0 Å². The third kappa shape index (κ3) is 5.29. The van der Waals surface area contributed by atoms with Crippen molar-refractivity contribution in [3.63, 3.8) is 0 Å². The Balaban J connectivity index is 1.72. The number of phenols is 2. The molecule has 4 nitrogen and oxygen atoms in total. The van der Waals surface area contributed by atoms with Crippen LogP contribution in [0.25, 0.3) is 11.1 Å². The van der Waals surface area contributed by atoms with Crippen LogP contribution in [-0.2, 0) is 11.5 Å². The molecule has 0 saturated carbocycles. The minimum Gasteiger partial charge on any atom is -0.506 e. The first-order valence-electron chi connectivity index (χ1n) is 10.8. The molecular weight excluding hydrogens is 464 g/mol. The van der Waals surface area contributed by atoms with Crippen LogP contribution in [0.3, 0.4) is 0 Å². The molecule has 0 bridgehead atoms. The molecule has 0 aromatic heterocycles. The highest BCUT2D eigenvalue weighted by Gasteiger charge is 2.24. The van der Waals surface area contributed by atoms with Crippen molar-refractivity contribution in [2.45, 2.75) is 21.3 Å². The van der Waals surface area contributed by atoms with Crippen LogP contribution in [0.15, 0.2) is 94.7 Å². The summed E-state index contributed by atoms with van der Waals surface area (Å²) in [5, 5.41) is 22.6. The lowest BCUT2D eigenvalue weighted by Gasteiger charge is -2.19. The van der Waals surface area contributed by atoms with Crippen LogP contribution < -0.4 is 9.47 Å². The van der Waals surface area contributed by atoms with E-state index < -0.39 is 0 Å². The van der Waals surface area contributed by atoms with E-state index in [0.29, 0.717) is 43.9 Å². The Morgan fingerprint density at radius 2 is 0.941 bits per heavy atom. The fourth-order valence-corrected chi connectivity index (χ4v) is 5.47. The molecule has 0 saturated heterocycles. The molecule has 0 aliphatic heterocycles. The smallest absolute Gasteiger partial charge is 0.140 e. The summed E-state index contributed by atoms with van der Waals surface area (Å²) in [7, 11) is 3.10. The summed E-state index contributed by atoms with van der Waals surface area (Å²) in [6.45, 7) is 0.